The highest BCUT2D eigenvalue weighted by molar-refractivity contribution is 6.31. The summed E-state index contributed by atoms with van der Waals surface area (Å²) >= 11 is 6.08. The molecule has 1 N–H and O–H groups in total. The highest BCUT2D eigenvalue weighted by Crippen LogP contribution is 2.30. The molecule has 0 saturated heterocycles. The van der Waals surface area contributed by atoms with Crippen molar-refractivity contribution in [1.82, 2.24) is 10.3 Å². The molecule has 2 rings (SSSR count). The average molecular weight is 267 g/mol. The van der Waals surface area contributed by atoms with Crippen LogP contribution in [0.25, 0.3) is 0 Å². The predicted molar refractivity (Wildman–Crippen MR) is 76.7 cm³/mol. The minimum atomic E-state index is 0.764. The van der Waals surface area contributed by atoms with Gasteiger partial charge in [0.25, 0.3) is 0 Å². The summed E-state index contributed by atoms with van der Waals surface area (Å²) in [5.41, 5.74) is 1.15. The van der Waals surface area contributed by atoms with E-state index in [1.807, 2.05) is 6.07 Å². The zero-order valence-corrected chi connectivity index (χ0v) is 11.9. The molecule has 1 aliphatic rings. The Morgan fingerprint density at radius 3 is 2.67 bits per heavy atom. The Bertz CT molecular complexity index is 359. The minimum absolute atomic E-state index is 0.764. The minimum Gasteiger partial charge on any atom is -0.312 e. The first kappa shape index (κ1) is 13.8. The second-order valence-electron chi connectivity index (χ2n) is 5.39. The molecule has 1 aromatic heterocycles. The van der Waals surface area contributed by atoms with Gasteiger partial charge in [-0.3, -0.25) is 4.98 Å². The highest BCUT2D eigenvalue weighted by atomic mass is 35.5. The molecule has 100 valence electrons. The maximum absolute atomic E-state index is 6.08. The summed E-state index contributed by atoms with van der Waals surface area (Å²) in [5, 5.41) is 4.30. The van der Waals surface area contributed by atoms with Gasteiger partial charge >= 0.3 is 0 Å². The van der Waals surface area contributed by atoms with Gasteiger partial charge in [0.2, 0.25) is 0 Å². The van der Waals surface area contributed by atoms with E-state index in [1.165, 1.54) is 32.1 Å². The molecule has 1 saturated carbocycles. The fraction of sp³-hybridized carbons (Fsp3) is 0.667. The van der Waals surface area contributed by atoms with Crippen LogP contribution < -0.4 is 5.32 Å². The van der Waals surface area contributed by atoms with E-state index in [-0.39, 0.29) is 0 Å². The van der Waals surface area contributed by atoms with Crippen molar-refractivity contribution in [3.8, 4) is 0 Å². The molecule has 0 unspecified atom stereocenters. The molecular formula is C15H23ClN2. The van der Waals surface area contributed by atoms with E-state index < -0.39 is 0 Å². The van der Waals surface area contributed by atoms with E-state index >= 15 is 0 Å². The van der Waals surface area contributed by atoms with Gasteiger partial charge in [-0.25, -0.2) is 0 Å². The molecule has 1 fully saturated rings. The third-order valence-electron chi connectivity index (χ3n) is 4.15. The number of pyridine rings is 1. The SMILES string of the molecule is CCC1CCC(CNCc2ccncc2Cl)CC1. The quantitative estimate of drug-likeness (QED) is 0.870. The Labute approximate surface area is 115 Å². The van der Waals surface area contributed by atoms with Crippen molar-refractivity contribution < 1.29 is 0 Å². The average Bonchev–Trinajstić information content (AvgIpc) is 2.42. The fourth-order valence-corrected chi connectivity index (χ4v) is 2.99. The maximum atomic E-state index is 6.08. The summed E-state index contributed by atoms with van der Waals surface area (Å²) in [6, 6.07) is 1.99. The molecule has 1 aliphatic carbocycles. The fourth-order valence-electron chi connectivity index (χ4n) is 2.80. The van der Waals surface area contributed by atoms with Crippen LogP contribution in [0.1, 0.15) is 44.6 Å². The third kappa shape index (κ3) is 3.96. The molecule has 3 heteroatoms. The van der Waals surface area contributed by atoms with E-state index in [0.717, 1.165) is 35.5 Å². The van der Waals surface area contributed by atoms with Gasteiger partial charge in [-0.2, -0.15) is 0 Å². The lowest BCUT2D eigenvalue weighted by molar-refractivity contribution is 0.262. The summed E-state index contributed by atoms with van der Waals surface area (Å²) in [7, 11) is 0. The topological polar surface area (TPSA) is 24.9 Å². The molecule has 18 heavy (non-hydrogen) atoms. The van der Waals surface area contributed by atoms with Crippen LogP contribution in [-0.2, 0) is 6.54 Å². The normalized spacial score (nSPS) is 24.1. The highest BCUT2D eigenvalue weighted by Gasteiger charge is 2.19. The summed E-state index contributed by atoms with van der Waals surface area (Å²) in [4.78, 5) is 4.00. The number of hydrogen-bond donors (Lipinski definition) is 1. The summed E-state index contributed by atoms with van der Waals surface area (Å²) in [6.45, 7) is 4.29. The second kappa shape index (κ2) is 7.10. The van der Waals surface area contributed by atoms with E-state index in [2.05, 4.69) is 17.2 Å². The van der Waals surface area contributed by atoms with Crippen molar-refractivity contribution in [3.05, 3.63) is 29.0 Å². The lowest BCUT2D eigenvalue weighted by Crippen LogP contribution is -2.26. The zero-order valence-electron chi connectivity index (χ0n) is 11.2. The third-order valence-corrected chi connectivity index (χ3v) is 4.49. The summed E-state index contributed by atoms with van der Waals surface area (Å²) < 4.78 is 0. The van der Waals surface area contributed by atoms with Crippen molar-refractivity contribution in [2.75, 3.05) is 6.54 Å². The Kier molecular flexibility index (Phi) is 5.45. The molecule has 0 aromatic carbocycles. The van der Waals surface area contributed by atoms with Gasteiger partial charge in [0, 0.05) is 18.9 Å². The molecule has 0 spiro atoms. The molecule has 0 aliphatic heterocycles. The Morgan fingerprint density at radius 1 is 1.28 bits per heavy atom. The van der Waals surface area contributed by atoms with Crippen LogP contribution in [-0.4, -0.2) is 11.5 Å². The predicted octanol–water partition coefficient (Wildman–Crippen LogP) is 4.04. The van der Waals surface area contributed by atoms with Gasteiger partial charge in [-0.15, -0.1) is 0 Å². The van der Waals surface area contributed by atoms with Crippen LogP contribution >= 0.6 is 11.6 Å². The molecule has 1 heterocycles. The lowest BCUT2D eigenvalue weighted by atomic mass is 9.81. The van der Waals surface area contributed by atoms with Gasteiger partial charge in [-0.1, -0.05) is 37.8 Å². The van der Waals surface area contributed by atoms with Crippen LogP contribution in [0.2, 0.25) is 5.02 Å². The van der Waals surface area contributed by atoms with Crippen molar-refractivity contribution in [2.45, 2.75) is 45.6 Å². The number of nitrogens with zero attached hydrogens (tertiary/aromatic N) is 1. The van der Waals surface area contributed by atoms with Crippen molar-refractivity contribution in [1.29, 1.82) is 0 Å². The van der Waals surface area contributed by atoms with Crippen molar-refractivity contribution in [3.63, 3.8) is 0 Å². The van der Waals surface area contributed by atoms with Crippen LogP contribution in [0.15, 0.2) is 18.5 Å². The second-order valence-corrected chi connectivity index (χ2v) is 5.80. The first-order valence-electron chi connectivity index (χ1n) is 7.08. The van der Waals surface area contributed by atoms with Gasteiger partial charge in [0.15, 0.2) is 0 Å². The molecule has 1 aromatic rings. The largest absolute Gasteiger partial charge is 0.312 e. The van der Waals surface area contributed by atoms with E-state index in [1.54, 1.807) is 12.4 Å². The van der Waals surface area contributed by atoms with E-state index in [9.17, 15) is 0 Å². The van der Waals surface area contributed by atoms with E-state index in [0.29, 0.717) is 0 Å². The first-order valence-corrected chi connectivity index (χ1v) is 7.46. The number of aromatic nitrogens is 1. The smallest absolute Gasteiger partial charge is 0.0634 e. The number of nitrogens with one attached hydrogen (secondary N) is 1. The van der Waals surface area contributed by atoms with Crippen LogP contribution in [0.5, 0.6) is 0 Å². The van der Waals surface area contributed by atoms with Crippen LogP contribution in [0.3, 0.4) is 0 Å². The monoisotopic (exact) mass is 266 g/mol. The molecule has 0 bridgehead atoms. The summed E-state index contributed by atoms with van der Waals surface area (Å²) in [5.74, 6) is 1.84. The van der Waals surface area contributed by atoms with Crippen LogP contribution in [0.4, 0.5) is 0 Å². The Morgan fingerprint density at radius 2 is 2.00 bits per heavy atom. The number of rotatable bonds is 5. The Hall–Kier alpha value is -0.600. The zero-order chi connectivity index (χ0) is 12.8. The van der Waals surface area contributed by atoms with Gasteiger partial charge in [0.05, 0.1) is 5.02 Å². The summed E-state index contributed by atoms with van der Waals surface area (Å²) in [6.07, 6.45) is 10.5. The van der Waals surface area contributed by atoms with Gasteiger partial charge < -0.3 is 5.32 Å². The Balaban J connectivity index is 1.69. The van der Waals surface area contributed by atoms with E-state index in [4.69, 9.17) is 11.6 Å². The van der Waals surface area contributed by atoms with Crippen molar-refractivity contribution >= 4 is 11.6 Å². The molecule has 0 atom stereocenters. The molecule has 0 amide bonds. The van der Waals surface area contributed by atoms with Gasteiger partial charge in [-0.05, 0) is 42.9 Å². The number of hydrogen-bond acceptors (Lipinski definition) is 2. The van der Waals surface area contributed by atoms with Crippen LogP contribution in [0, 0.1) is 11.8 Å². The van der Waals surface area contributed by atoms with Gasteiger partial charge in [0.1, 0.15) is 0 Å². The van der Waals surface area contributed by atoms with Crippen molar-refractivity contribution in [2.24, 2.45) is 11.8 Å². The molecular weight excluding hydrogens is 244 g/mol. The molecule has 0 radical (unpaired) electrons. The lowest BCUT2D eigenvalue weighted by Gasteiger charge is -2.28. The maximum Gasteiger partial charge on any atom is 0.0634 e. The number of halogens is 1. The first-order chi connectivity index (χ1) is 8.79. The standard InChI is InChI=1S/C15H23ClN2/c1-2-12-3-5-13(6-4-12)9-18-10-14-7-8-17-11-15(14)16/h7-8,11-13,18H,2-6,9-10H2,1H3. The molecule has 2 nitrogen and oxygen atoms in total.